The minimum atomic E-state index is 0.250. The van der Waals surface area contributed by atoms with Crippen LogP contribution in [0.1, 0.15) is 17.3 Å². The highest BCUT2D eigenvalue weighted by Crippen LogP contribution is 2.37. The van der Waals surface area contributed by atoms with E-state index in [9.17, 15) is 0 Å². The number of fused-ring (bicyclic) bond motifs is 6. The molecular weight excluding hydrogens is 404 g/mol. The molecule has 33 heavy (non-hydrogen) atoms. The van der Waals surface area contributed by atoms with Gasteiger partial charge in [-0.05, 0) is 23.3 Å². The zero-order chi connectivity index (χ0) is 21.8. The van der Waals surface area contributed by atoms with E-state index in [0.29, 0.717) is 5.92 Å². The second-order valence-corrected chi connectivity index (χ2v) is 8.78. The fraction of sp³-hybridized carbons (Fsp3) is 0.100. The van der Waals surface area contributed by atoms with Crippen molar-refractivity contribution in [3.63, 3.8) is 0 Å². The third-order valence-corrected chi connectivity index (χ3v) is 6.84. The normalized spacial score (nSPS) is 19.0. The SMILES string of the molecule is C1=CC2C=Cc3ccc(-c4ccc(-c5cccc6c5oc5ccccc56)cc4)nc3C2NC1. The van der Waals surface area contributed by atoms with Crippen LogP contribution in [0.15, 0.2) is 102 Å². The van der Waals surface area contributed by atoms with E-state index in [1.807, 2.05) is 12.1 Å². The molecule has 0 radical (unpaired) electrons. The molecule has 1 N–H and O–H groups in total. The Balaban J connectivity index is 1.28. The van der Waals surface area contributed by atoms with E-state index in [4.69, 9.17) is 9.40 Å². The van der Waals surface area contributed by atoms with Crippen molar-refractivity contribution >= 4 is 28.0 Å². The number of nitrogens with one attached hydrogen (secondary N) is 1. The van der Waals surface area contributed by atoms with Crippen molar-refractivity contribution < 1.29 is 4.42 Å². The van der Waals surface area contributed by atoms with Gasteiger partial charge in [0, 0.05) is 34.4 Å². The van der Waals surface area contributed by atoms with Gasteiger partial charge in [-0.2, -0.15) is 0 Å². The largest absolute Gasteiger partial charge is 0.455 e. The van der Waals surface area contributed by atoms with Gasteiger partial charge >= 0.3 is 0 Å². The first-order valence-electron chi connectivity index (χ1n) is 11.5. The van der Waals surface area contributed by atoms with Crippen LogP contribution in [0.4, 0.5) is 0 Å². The van der Waals surface area contributed by atoms with Crippen molar-refractivity contribution in [1.29, 1.82) is 0 Å². The summed E-state index contributed by atoms with van der Waals surface area (Å²) in [5.41, 5.74) is 8.59. The van der Waals surface area contributed by atoms with Crippen molar-refractivity contribution in [1.82, 2.24) is 10.3 Å². The van der Waals surface area contributed by atoms with Crippen molar-refractivity contribution in [3.8, 4) is 22.4 Å². The summed E-state index contributed by atoms with van der Waals surface area (Å²) < 4.78 is 6.23. The fourth-order valence-corrected chi connectivity index (χ4v) is 5.17. The highest BCUT2D eigenvalue weighted by Gasteiger charge is 2.27. The lowest BCUT2D eigenvalue weighted by Gasteiger charge is -2.30. The van der Waals surface area contributed by atoms with Gasteiger partial charge in [0.15, 0.2) is 0 Å². The maximum Gasteiger partial charge on any atom is 0.143 e. The van der Waals surface area contributed by atoms with Gasteiger partial charge in [0.2, 0.25) is 0 Å². The molecule has 2 aliphatic rings. The lowest BCUT2D eigenvalue weighted by Crippen LogP contribution is -2.32. The van der Waals surface area contributed by atoms with Gasteiger partial charge in [-0.3, -0.25) is 4.98 Å². The van der Waals surface area contributed by atoms with Gasteiger partial charge < -0.3 is 9.73 Å². The van der Waals surface area contributed by atoms with Crippen LogP contribution >= 0.6 is 0 Å². The van der Waals surface area contributed by atoms with Crippen LogP contribution < -0.4 is 5.32 Å². The van der Waals surface area contributed by atoms with Gasteiger partial charge in [-0.25, -0.2) is 0 Å². The Hall–Kier alpha value is -3.95. The summed E-state index contributed by atoms with van der Waals surface area (Å²) >= 11 is 0. The molecule has 0 saturated carbocycles. The second-order valence-electron chi connectivity index (χ2n) is 8.78. The van der Waals surface area contributed by atoms with E-state index in [1.54, 1.807) is 0 Å². The van der Waals surface area contributed by atoms with Gasteiger partial charge in [0.25, 0.3) is 0 Å². The van der Waals surface area contributed by atoms with Crippen LogP contribution in [0.2, 0.25) is 0 Å². The number of pyridine rings is 1. The number of hydrogen-bond donors (Lipinski definition) is 1. The summed E-state index contributed by atoms with van der Waals surface area (Å²) in [6.07, 6.45) is 8.94. The van der Waals surface area contributed by atoms with E-state index in [-0.39, 0.29) is 6.04 Å². The monoisotopic (exact) mass is 426 g/mol. The first-order valence-corrected chi connectivity index (χ1v) is 11.5. The minimum absolute atomic E-state index is 0.250. The van der Waals surface area contributed by atoms with E-state index >= 15 is 0 Å². The average Bonchev–Trinajstić information content (AvgIpc) is 3.27. The molecular formula is C30H22N2O. The topological polar surface area (TPSA) is 38.1 Å². The molecule has 5 aromatic rings. The van der Waals surface area contributed by atoms with Crippen LogP contribution in [0.25, 0.3) is 50.4 Å². The predicted molar refractivity (Wildman–Crippen MR) is 135 cm³/mol. The third kappa shape index (κ3) is 2.97. The van der Waals surface area contributed by atoms with Crippen LogP contribution in [0.5, 0.6) is 0 Å². The Bertz CT molecular complexity index is 1570. The van der Waals surface area contributed by atoms with Crippen molar-refractivity contribution in [2.45, 2.75) is 6.04 Å². The summed E-state index contributed by atoms with van der Waals surface area (Å²) in [6, 6.07) is 27.8. The van der Waals surface area contributed by atoms with Gasteiger partial charge in [-0.1, -0.05) is 91.0 Å². The zero-order valence-electron chi connectivity index (χ0n) is 18.0. The number of nitrogens with zero attached hydrogens (tertiary/aromatic N) is 1. The Labute approximate surface area is 192 Å². The van der Waals surface area contributed by atoms with Crippen LogP contribution in [0, 0.1) is 5.92 Å². The lowest BCUT2D eigenvalue weighted by molar-refractivity contribution is 0.464. The molecule has 0 amide bonds. The summed E-state index contributed by atoms with van der Waals surface area (Å²) in [7, 11) is 0. The van der Waals surface area contributed by atoms with Crippen molar-refractivity contribution in [2.24, 2.45) is 5.92 Å². The van der Waals surface area contributed by atoms with Crippen molar-refractivity contribution in [3.05, 3.63) is 108 Å². The smallest absolute Gasteiger partial charge is 0.143 e. The quantitative estimate of drug-likeness (QED) is 0.304. The highest BCUT2D eigenvalue weighted by molar-refractivity contribution is 6.09. The maximum atomic E-state index is 6.23. The van der Waals surface area contributed by atoms with Gasteiger partial charge in [0.1, 0.15) is 11.2 Å². The molecule has 158 valence electrons. The summed E-state index contributed by atoms with van der Waals surface area (Å²) in [5, 5.41) is 5.91. The Morgan fingerprint density at radius 3 is 2.58 bits per heavy atom. The molecule has 1 aliphatic heterocycles. The minimum Gasteiger partial charge on any atom is -0.455 e. The molecule has 3 aromatic carbocycles. The number of aromatic nitrogens is 1. The summed E-state index contributed by atoms with van der Waals surface area (Å²) in [4.78, 5) is 5.08. The van der Waals surface area contributed by atoms with Crippen LogP contribution in [-0.2, 0) is 0 Å². The molecule has 2 unspecified atom stereocenters. The molecule has 1 aliphatic carbocycles. The van der Waals surface area contributed by atoms with Gasteiger partial charge in [0.05, 0.1) is 17.4 Å². The Kier molecular flexibility index (Phi) is 4.11. The Morgan fingerprint density at radius 1 is 0.788 bits per heavy atom. The molecule has 2 atom stereocenters. The number of rotatable bonds is 2. The predicted octanol–water partition coefficient (Wildman–Crippen LogP) is 7.16. The third-order valence-electron chi connectivity index (χ3n) is 6.84. The first-order chi connectivity index (χ1) is 16.3. The fourth-order valence-electron chi connectivity index (χ4n) is 5.17. The zero-order valence-corrected chi connectivity index (χ0v) is 18.0. The van der Waals surface area contributed by atoms with Crippen LogP contribution in [-0.4, -0.2) is 11.5 Å². The number of hydrogen-bond acceptors (Lipinski definition) is 3. The molecule has 7 rings (SSSR count). The summed E-state index contributed by atoms with van der Waals surface area (Å²) in [6.45, 7) is 0.891. The maximum absolute atomic E-state index is 6.23. The van der Waals surface area contributed by atoms with E-state index in [0.717, 1.165) is 56.6 Å². The van der Waals surface area contributed by atoms with Crippen molar-refractivity contribution in [2.75, 3.05) is 6.54 Å². The lowest BCUT2D eigenvalue weighted by atomic mass is 9.86. The summed E-state index contributed by atoms with van der Waals surface area (Å²) in [5.74, 6) is 0.376. The van der Waals surface area contributed by atoms with E-state index in [1.165, 1.54) is 5.56 Å². The molecule has 2 aromatic heterocycles. The molecule has 3 heteroatoms. The standard InChI is InChI=1S/C30H22N2O/c1-2-9-27-24(6-1)25-8-3-7-23(30(25)33-27)19-10-12-20(13-11-19)26-17-16-22-15-14-21-5-4-18-31-28(21)29(22)32-26/h1-17,21,28,31H,18H2. The first kappa shape index (κ1) is 18.6. The molecule has 0 saturated heterocycles. The van der Waals surface area contributed by atoms with E-state index in [2.05, 4.69) is 96.4 Å². The number of benzene rings is 3. The molecule has 0 spiro atoms. The van der Waals surface area contributed by atoms with E-state index < -0.39 is 0 Å². The average molecular weight is 427 g/mol. The Morgan fingerprint density at radius 2 is 1.64 bits per heavy atom. The number of furan rings is 1. The molecule has 0 bridgehead atoms. The molecule has 3 nitrogen and oxygen atoms in total. The number of para-hydroxylation sites is 2. The molecule has 0 fully saturated rings. The highest BCUT2D eigenvalue weighted by atomic mass is 16.3. The van der Waals surface area contributed by atoms with Gasteiger partial charge in [-0.15, -0.1) is 0 Å². The van der Waals surface area contributed by atoms with Crippen LogP contribution in [0.3, 0.4) is 0 Å². The second kappa shape index (κ2) is 7.29. The molecule has 3 heterocycles.